The fraction of sp³-hybridized carbons (Fsp3) is 0.480. The third-order valence-corrected chi connectivity index (χ3v) is 9.79. The lowest BCUT2D eigenvalue weighted by molar-refractivity contribution is 0.0936. The molecular formula is C25H32N4O6S2. The normalized spacial score (nSPS) is 16.8. The summed E-state index contributed by atoms with van der Waals surface area (Å²) in [6.45, 7) is 6.58. The molecule has 0 aliphatic carbocycles. The molecule has 0 saturated carbocycles. The second-order valence-electron chi connectivity index (χ2n) is 9.41. The van der Waals surface area contributed by atoms with Crippen LogP contribution in [0.5, 0.6) is 0 Å². The van der Waals surface area contributed by atoms with Gasteiger partial charge in [0.05, 0.1) is 17.6 Å². The van der Waals surface area contributed by atoms with Crippen molar-refractivity contribution in [1.29, 1.82) is 0 Å². The lowest BCUT2D eigenvalue weighted by atomic mass is 10.0. The first-order valence-electron chi connectivity index (χ1n) is 12.3. The van der Waals surface area contributed by atoms with Gasteiger partial charge in [0.2, 0.25) is 10.0 Å². The highest BCUT2D eigenvalue weighted by Gasteiger charge is 2.31. The number of methoxy groups -OCH3 is 1. The maximum Gasteiger partial charge on any atom is 0.413 e. The zero-order valence-corrected chi connectivity index (χ0v) is 22.8. The molecule has 12 heteroatoms. The number of sulfonamides is 1. The van der Waals surface area contributed by atoms with Crippen LogP contribution in [0.1, 0.15) is 64.3 Å². The van der Waals surface area contributed by atoms with Gasteiger partial charge in [0, 0.05) is 42.7 Å². The molecule has 2 aliphatic heterocycles. The Morgan fingerprint density at radius 3 is 2.30 bits per heavy atom. The van der Waals surface area contributed by atoms with Crippen molar-refractivity contribution in [2.75, 3.05) is 32.1 Å². The Bertz CT molecular complexity index is 1280. The Labute approximate surface area is 221 Å². The highest BCUT2D eigenvalue weighted by Crippen LogP contribution is 2.38. The number of benzene rings is 1. The van der Waals surface area contributed by atoms with Crippen molar-refractivity contribution in [3.05, 3.63) is 45.8 Å². The number of nitrogens with one attached hydrogen (secondary N) is 2. The number of anilines is 1. The highest BCUT2D eigenvalue weighted by atomic mass is 32.2. The van der Waals surface area contributed by atoms with Crippen LogP contribution in [0.3, 0.4) is 0 Å². The first-order chi connectivity index (χ1) is 17.6. The Balaban J connectivity index is 1.58. The molecule has 3 amide bonds. The summed E-state index contributed by atoms with van der Waals surface area (Å²) in [5.74, 6) is -1.12. The van der Waals surface area contributed by atoms with E-state index in [-0.39, 0.29) is 16.0 Å². The summed E-state index contributed by atoms with van der Waals surface area (Å²) in [4.78, 5) is 41.2. The quantitative estimate of drug-likeness (QED) is 0.567. The summed E-state index contributed by atoms with van der Waals surface area (Å²) in [6.07, 6.45) is 2.42. The van der Waals surface area contributed by atoms with Crippen LogP contribution in [0, 0.1) is 0 Å². The maximum atomic E-state index is 13.1. The first-order valence-corrected chi connectivity index (χ1v) is 14.6. The molecule has 200 valence electrons. The molecule has 1 fully saturated rings. The van der Waals surface area contributed by atoms with E-state index in [9.17, 15) is 22.8 Å². The molecule has 10 nitrogen and oxygen atoms in total. The minimum atomic E-state index is -3.61. The molecule has 1 aromatic carbocycles. The second kappa shape index (κ2) is 11.3. The molecule has 0 radical (unpaired) electrons. The van der Waals surface area contributed by atoms with Gasteiger partial charge in [-0.2, -0.15) is 4.31 Å². The highest BCUT2D eigenvalue weighted by molar-refractivity contribution is 7.89. The lowest BCUT2D eigenvalue weighted by Gasteiger charge is -2.30. The van der Waals surface area contributed by atoms with Crippen molar-refractivity contribution in [2.45, 2.75) is 57.0 Å². The smallest absolute Gasteiger partial charge is 0.413 e. The van der Waals surface area contributed by atoms with Gasteiger partial charge in [-0.1, -0.05) is 6.42 Å². The van der Waals surface area contributed by atoms with Crippen LogP contribution >= 0.6 is 11.3 Å². The van der Waals surface area contributed by atoms with Gasteiger partial charge in [0.15, 0.2) is 0 Å². The third-order valence-electron chi connectivity index (χ3n) is 6.74. The summed E-state index contributed by atoms with van der Waals surface area (Å²) in [5.41, 5.74) is 1.32. The Kier molecular flexibility index (Phi) is 8.32. The minimum Gasteiger partial charge on any atom is -0.453 e. The molecular weight excluding hydrogens is 516 g/mol. The van der Waals surface area contributed by atoms with Crippen molar-refractivity contribution >= 4 is 44.3 Å². The van der Waals surface area contributed by atoms with E-state index in [4.69, 9.17) is 0 Å². The van der Waals surface area contributed by atoms with Crippen LogP contribution in [0.25, 0.3) is 0 Å². The number of hydrogen-bond acceptors (Lipinski definition) is 8. The van der Waals surface area contributed by atoms with E-state index in [1.165, 1.54) is 47.0 Å². The van der Waals surface area contributed by atoms with E-state index in [1.54, 1.807) is 0 Å². The largest absolute Gasteiger partial charge is 0.453 e. The molecule has 0 unspecified atom stereocenters. The van der Waals surface area contributed by atoms with Crippen molar-refractivity contribution in [3.8, 4) is 0 Å². The lowest BCUT2D eigenvalue weighted by Crippen LogP contribution is -2.36. The average molecular weight is 549 g/mol. The van der Waals surface area contributed by atoms with Crippen LogP contribution in [0.15, 0.2) is 29.2 Å². The molecule has 4 rings (SSSR count). The van der Waals surface area contributed by atoms with Gasteiger partial charge in [-0.25, -0.2) is 13.2 Å². The van der Waals surface area contributed by atoms with Crippen LogP contribution < -0.4 is 10.6 Å². The number of piperidine rings is 1. The van der Waals surface area contributed by atoms with E-state index < -0.39 is 27.9 Å². The predicted octanol–water partition coefficient (Wildman–Crippen LogP) is 3.44. The number of alkyl carbamates (subject to hydrolysis) is 1. The second-order valence-corrected chi connectivity index (χ2v) is 12.5. The Hall–Kier alpha value is -2.80. The van der Waals surface area contributed by atoms with Gasteiger partial charge in [0.25, 0.3) is 11.8 Å². The van der Waals surface area contributed by atoms with Crippen molar-refractivity contribution < 1.29 is 27.5 Å². The van der Waals surface area contributed by atoms with E-state index >= 15 is 0 Å². The number of rotatable bonds is 6. The van der Waals surface area contributed by atoms with Gasteiger partial charge < -0.3 is 10.1 Å². The van der Waals surface area contributed by atoms with E-state index in [0.29, 0.717) is 37.1 Å². The molecule has 1 aromatic heterocycles. The van der Waals surface area contributed by atoms with Gasteiger partial charge in [-0.15, -0.1) is 11.3 Å². The number of carbonyl (C=O) groups is 3. The number of amides is 3. The first kappa shape index (κ1) is 27.2. The van der Waals surface area contributed by atoms with Crippen LogP contribution in [0.2, 0.25) is 0 Å². The molecule has 37 heavy (non-hydrogen) atoms. The van der Waals surface area contributed by atoms with Crippen molar-refractivity contribution in [1.82, 2.24) is 14.5 Å². The standard InChI is InChI=1S/C25H32N4O6S2/c1-16(2)28-14-11-19-20(15-28)36-24(21(19)23(31)27-25(32)35-3)26-22(30)17-7-9-18(10-8-17)37(33,34)29-12-5-4-6-13-29/h7-10,16H,4-6,11-15H2,1-3H3,(H,26,30)(H,27,31,32). The topological polar surface area (TPSA) is 125 Å². The summed E-state index contributed by atoms with van der Waals surface area (Å²) >= 11 is 1.31. The number of ether oxygens (including phenoxy) is 1. The zero-order valence-electron chi connectivity index (χ0n) is 21.2. The van der Waals surface area contributed by atoms with Crippen LogP contribution in [0.4, 0.5) is 9.80 Å². The Morgan fingerprint density at radius 1 is 1.00 bits per heavy atom. The fourth-order valence-corrected chi connectivity index (χ4v) is 7.39. The third kappa shape index (κ3) is 5.87. The number of imide groups is 1. The molecule has 1 saturated heterocycles. The zero-order chi connectivity index (χ0) is 26.7. The monoisotopic (exact) mass is 548 g/mol. The van der Waals surface area contributed by atoms with Crippen LogP contribution in [-0.4, -0.2) is 68.3 Å². The molecule has 2 N–H and O–H groups in total. The minimum absolute atomic E-state index is 0.143. The summed E-state index contributed by atoms with van der Waals surface area (Å²) in [7, 11) is -2.44. The van der Waals surface area contributed by atoms with Gasteiger partial charge >= 0.3 is 6.09 Å². The van der Waals surface area contributed by atoms with Crippen molar-refractivity contribution in [2.24, 2.45) is 0 Å². The number of carbonyl (C=O) groups excluding carboxylic acids is 3. The number of nitrogens with zero attached hydrogens (tertiary/aromatic N) is 2. The molecule has 0 atom stereocenters. The van der Waals surface area contributed by atoms with E-state index in [0.717, 1.165) is 36.2 Å². The SMILES string of the molecule is COC(=O)NC(=O)c1c(NC(=O)c2ccc(S(=O)(=O)N3CCCCC3)cc2)sc2c1CCN(C(C)C)C2. The molecule has 2 aromatic rings. The number of hydrogen-bond donors (Lipinski definition) is 2. The number of fused-ring (bicyclic) bond motifs is 1. The van der Waals surface area contributed by atoms with E-state index in [2.05, 4.69) is 34.1 Å². The predicted molar refractivity (Wildman–Crippen MR) is 140 cm³/mol. The van der Waals surface area contributed by atoms with Gasteiger partial charge in [-0.3, -0.25) is 19.8 Å². The molecule has 3 heterocycles. The number of thiophene rings is 1. The summed E-state index contributed by atoms with van der Waals surface area (Å²) in [6, 6.07) is 6.12. The fourth-order valence-electron chi connectivity index (χ4n) is 4.61. The Morgan fingerprint density at radius 2 is 1.68 bits per heavy atom. The average Bonchev–Trinajstić information content (AvgIpc) is 3.26. The van der Waals surface area contributed by atoms with Gasteiger partial charge in [-0.05, 0) is 62.9 Å². The van der Waals surface area contributed by atoms with E-state index in [1.807, 2.05) is 0 Å². The molecule has 2 aliphatic rings. The molecule has 0 bridgehead atoms. The maximum absolute atomic E-state index is 13.1. The summed E-state index contributed by atoms with van der Waals surface area (Å²) < 4.78 is 31.9. The molecule has 0 spiro atoms. The van der Waals surface area contributed by atoms with Gasteiger partial charge in [0.1, 0.15) is 5.00 Å². The van der Waals surface area contributed by atoms with Crippen molar-refractivity contribution in [3.63, 3.8) is 0 Å². The summed E-state index contributed by atoms with van der Waals surface area (Å²) in [5, 5.41) is 5.34. The van der Waals surface area contributed by atoms with Crippen LogP contribution in [-0.2, 0) is 27.7 Å².